The van der Waals surface area contributed by atoms with Crippen LogP contribution in [-0.2, 0) is 9.59 Å². The number of halogens is 1. The van der Waals surface area contributed by atoms with E-state index in [0.29, 0.717) is 17.2 Å². The molecule has 2 aromatic carbocycles. The molecule has 2 aliphatic heterocycles. The van der Waals surface area contributed by atoms with Gasteiger partial charge in [0.2, 0.25) is 11.8 Å². The molecule has 7 atom stereocenters. The molecule has 37 heavy (non-hydrogen) atoms. The van der Waals surface area contributed by atoms with E-state index < -0.39 is 17.7 Å². The Labute approximate surface area is 220 Å². The Morgan fingerprint density at radius 3 is 2.35 bits per heavy atom. The molecule has 2 bridgehead atoms. The number of H-pyrrole nitrogens is 1. The molecule has 3 heterocycles. The molecular formula is C27H23FN2O5S2. The number of fused-ring (bicyclic) bond motifs is 9. The van der Waals surface area contributed by atoms with Crippen LogP contribution >= 0.6 is 23.1 Å². The second-order valence-electron chi connectivity index (χ2n) is 10.1. The van der Waals surface area contributed by atoms with E-state index in [1.54, 1.807) is 26.0 Å². The van der Waals surface area contributed by atoms with Crippen molar-refractivity contribution >= 4 is 40.6 Å². The molecule has 7 nitrogen and oxygen atoms in total. The number of amides is 2. The number of ether oxygens (including phenoxy) is 2. The highest BCUT2D eigenvalue weighted by molar-refractivity contribution is 8.00. The van der Waals surface area contributed by atoms with Crippen LogP contribution in [0.5, 0.6) is 11.5 Å². The summed E-state index contributed by atoms with van der Waals surface area (Å²) in [6.45, 7) is 0. The van der Waals surface area contributed by atoms with Gasteiger partial charge in [-0.15, -0.1) is 11.8 Å². The highest BCUT2D eigenvalue weighted by atomic mass is 32.2. The molecule has 0 spiro atoms. The number of hydrogen-bond donors (Lipinski definition) is 1. The molecule has 190 valence electrons. The number of imide groups is 1. The summed E-state index contributed by atoms with van der Waals surface area (Å²) < 4.78 is 24.6. The zero-order chi connectivity index (χ0) is 25.6. The van der Waals surface area contributed by atoms with Crippen molar-refractivity contribution in [2.75, 3.05) is 19.1 Å². The third kappa shape index (κ3) is 3.15. The predicted octanol–water partition coefficient (Wildman–Crippen LogP) is 4.27. The second-order valence-corrected chi connectivity index (χ2v) is 12.3. The maximum Gasteiger partial charge on any atom is 0.305 e. The molecule has 2 amide bonds. The molecule has 2 aliphatic carbocycles. The fraction of sp³-hybridized carbons (Fsp3) is 0.370. The maximum atomic E-state index is 13.7. The minimum atomic E-state index is -0.413. The third-order valence-corrected chi connectivity index (χ3v) is 11.2. The van der Waals surface area contributed by atoms with Crippen molar-refractivity contribution in [3.05, 3.63) is 68.4 Å². The second kappa shape index (κ2) is 8.19. The fourth-order valence-electron chi connectivity index (χ4n) is 7.28. The van der Waals surface area contributed by atoms with Gasteiger partial charge in [0.15, 0.2) is 11.5 Å². The van der Waals surface area contributed by atoms with E-state index in [1.807, 2.05) is 18.2 Å². The van der Waals surface area contributed by atoms with Gasteiger partial charge in [0, 0.05) is 16.0 Å². The van der Waals surface area contributed by atoms with E-state index in [9.17, 15) is 18.8 Å². The number of rotatable bonds is 4. The third-order valence-electron chi connectivity index (χ3n) is 8.58. The first-order chi connectivity index (χ1) is 17.9. The first kappa shape index (κ1) is 23.0. The number of hydrogen-bond acceptors (Lipinski definition) is 7. The van der Waals surface area contributed by atoms with Gasteiger partial charge in [-0.1, -0.05) is 17.4 Å². The largest absolute Gasteiger partial charge is 0.493 e. The molecule has 1 aromatic heterocycles. The van der Waals surface area contributed by atoms with Crippen molar-refractivity contribution < 1.29 is 23.5 Å². The average molecular weight is 539 g/mol. The van der Waals surface area contributed by atoms with E-state index in [2.05, 4.69) is 4.98 Å². The lowest BCUT2D eigenvalue weighted by Crippen LogP contribution is -2.42. The SMILES string of the molecule is COc1ccc([C@@H]2c3sc(=O)[nH]c3S[C@@H]3[C@@H]4C[C@H]([C@H]5C(=O)N(c6ccc(F)cc6)C(=O)[C@H]45)[C@H]23)cc1OC. The number of carbonyl (C=O) groups is 2. The molecule has 3 fully saturated rings. The van der Waals surface area contributed by atoms with Crippen molar-refractivity contribution in [1.82, 2.24) is 4.98 Å². The Morgan fingerprint density at radius 1 is 0.946 bits per heavy atom. The lowest BCUT2D eigenvalue weighted by molar-refractivity contribution is -0.123. The first-order valence-electron chi connectivity index (χ1n) is 12.2. The predicted molar refractivity (Wildman–Crippen MR) is 137 cm³/mol. The van der Waals surface area contributed by atoms with Crippen LogP contribution in [0.3, 0.4) is 0 Å². The Bertz CT molecular complexity index is 1500. The number of nitrogens with zero attached hydrogens (tertiary/aromatic N) is 1. The lowest BCUT2D eigenvalue weighted by Gasteiger charge is -2.43. The molecule has 0 radical (unpaired) electrons. The van der Waals surface area contributed by atoms with Gasteiger partial charge in [0.05, 0.1) is 36.8 Å². The van der Waals surface area contributed by atoms with Crippen molar-refractivity contribution in [3.63, 3.8) is 0 Å². The molecule has 4 aliphatic rings. The van der Waals surface area contributed by atoms with Gasteiger partial charge in [-0.25, -0.2) is 4.39 Å². The standard InChI is InChI=1S/C27H23FN2O5S2/c1-34-16-8-3-11(9-17(16)35-2)18-19-14-10-15(22(19)36-24-23(18)37-27(33)29-24)21-20(14)25(31)30(26(21)32)13-6-4-12(28)5-7-13/h3-9,14-15,18-22H,10H2,1-2H3,(H,29,33)/t14-,15+,18-,19+,20+,21+,22+/m0/s1. The van der Waals surface area contributed by atoms with E-state index in [0.717, 1.165) is 21.9 Å². The number of benzene rings is 2. The number of methoxy groups -OCH3 is 2. The fourth-order valence-corrected chi connectivity index (χ4v) is 10.2. The van der Waals surface area contributed by atoms with Crippen molar-refractivity contribution in [2.45, 2.75) is 22.6 Å². The smallest absolute Gasteiger partial charge is 0.305 e. The first-order valence-corrected chi connectivity index (χ1v) is 13.9. The number of aromatic nitrogens is 1. The Hall–Kier alpha value is -3.11. The number of aromatic amines is 1. The zero-order valence-corrected chi connectivity index (χ0v) is 21.6. The van der Waals surface area contributed by atoms with E-state index in [4.69, 9.17) is 9.47 Å². The summed E-state index contributed by atoms with van der Waals surface area (Å²) >= 11 is 2.86. The van der Waals surface area contributed by atoms with Crippen LogP contribution < -0.4 is 19.2 Å². The summed E-state index contributed by atoms with van der Waals surface area (Å²) in [4.78, 5) is 44.9. The summed E-state index contributed by atoms with van der Waals surface area (Å²) in [6, 6.07) is 11.4. The topological polar surface area (TPSA) is 88.7 Å². The minimum Gasteiger partial charge on any atom is -0.493 e. The number of anilines is 1. The Balaban J connectivity index is 1.32. The van der Waals surface area contributed by atoms with Gasteiger partial charge in [0.1, 0.15) is 5.82 Å². The minimum absolute atomic E-state index is 0.00199. The monoisotopic (exact) mass is 538 g/mol. The number of carbonyl (C=O) groups excluding carboxylic acids is 2. The lowest BCUT2D eigenvalue weighted by atomic mass is 9.68. The summed E-state index contributed by atoms with van der Waals surface area (Å²) in [5, 5.41) is 0.944. The summed E-state index contributed by atoms with van der Waals surface area (Å²) in [7, 11) is 3.18. The van der Waals surface area contributed by atoms with Crippen molar-refractivity contribution in [3.8, 4) is 11.5 Å². The summed E-state index contributed by atoms with van der Waals surface area (Å²) in [5.41, 5.74) is 1.42. The quantitative estimate of drug-likeness (QED) is 0.499. The van der Waals surface area contributed by atoms with Crippen LogP contribution in [-0.4, -0.2) is 36.3 Å². The Kier molecular flexibility index (Phi) is 5.10. The van der Waals surface area contributed by atoms with Crippen molar-refractivity contribution in [1.29, 1.82) is 0 Å². The average Bonchev–Trinajstić information content (AvgIpc) is 3.63. The van der Waals surface area contributed by atoms with Crippen LogP contribution in [0.4, 0.5) is 10.1 Å². The van der Waals surface area contributed by atoms with E-state index in [-0.39, 0.29) is 45.6 Å². The van der Waals surface area contributed by atoms with Crippen LogP contribution in [0.2, 0.25) is 0 Å². The maximum absolute atomic E-state index is 13.7. The Morgan fingerprint density at radius 2 is 1.65 bits per heavy atom. The van der Waals surface area contributed by atoms with Crippen LogP contribution in [0.1, 0.15) is 22.8 Å². The van der Waals surface area contributed by atoms with Crippen LogP contribution in [0, 0.1) is 35.4 Å². The van der Waals surface area contributed by atoms with E-state index in [1.165, 1.54) is 40.5 Å². The molecule has 7 rings (SSSR count). The number of thioether (sulfide) groups is 1. The normalized spacial score (nSPS) is 31.3. The van der Waals surface area contributed by atoms with Gasteiger partial charge in [-0.05, 0) is 66.1 Å². The molecule has 0 unspecified atom stereocenters. The highest BCUT2D eigenvalue weighted by Crippen LogP contribution is 2.68. The van der Waals surface area contributed by atoms with Gasteiger partial charge < -0.3 is 14.5 Å². The molecule has 2 saturated carbocycles. The molecule has 3 aromatic rings. The number of nitrogens with one attached hydrogen (secondary N) is 1. The van der Waals surface area contributed by atoms with Crippen LogP contribution in [0.25, 0.3) is 0 Å². The molecular weight excluding hydrogens is 515 g/mol. The van der Waals surface area contributed by atoms with Crippen LogP contribution in [0.15, 0.2) is 52.3 Å². The summed E-state index contributed by atoms with van der Waals surface area (Å²) in [5.74, 6) is -0.394. The highest BCUT2D eigenvalue weighted by Gasteiger charge is 2.69. The molecule has 1 saturated heterocycles. The zero-order valence-electron chi connectivity index (χ0n) is 20.0. The van der Waals surface area contributed by atoms with Crippen molar-refractivity contribution in [2.24, 2.45) is 29.6 Å². The number of thiazole rings is 1. The summed E-state index contributed by atoms with van der Waals surface area (Å²) in [6.07, 6.45) is 0.801. The molecule has 10 heteroatoms. The van der Waals surface area contributed by atoms with Gasteiger partial charge >= 0.3 is 4.87 Å². The van der Waals surface area contributed by atoms with Gasteiger partial charge in [-0.3, -0.25) is 19.3 Å². The van der Waals surface area contributed by atoms with E-state index >= 15 is 0 Å². The van der Waals surface area contributed by atoms with Gasteiger partial charge in [-0.2, -0.15) is 0 Å². The molecule has 1 N–H and O–H groups in total. The van der Waals surface area contributed by atoms with Gasteiger partial charge in [0.25, 0.3) is 0 Å².